The van der Waals surface area contributed by atoms with Crippen molar-refractivity contribution in [3.05, 3.63) is 23.5 Å². The molecule has 100 valence electrons. The number of nitrogens with one attached hydrogen (secondary N) is 1. The van der Waals surface area contributed by atoms with Gasteiger partial charge in [0.05, 0.1) is 4.90 Å². The van der Waals surface area contributed by atoms with Gasteiger partial charge in [0.15, 0.2) is 0 Å². The molecule has 0 spiro atoms. The van der Waals surface area contributed by atoms with Gasteiger partial charge in [-0.3, -0.25) is 0 Å². The van der Waals surface area contributed by atoms with Gasteiger partial charge < -0.3 is 0 Å². The summed E-state index contributed by atoms with van der Waals surface area (Å²) in [6.45, 7) is 1.96. The summed E-state index contributed by atoms with van der Waals surface area (Å²) >= 11 is 5.73. The number of halogens is 1. The van der Waals surface area contributed by atoms with E-state index in [1.807, 2.05) is 6.92 Å². The summed E-state index contributed by atoms with van der Waals surface area (Å²) < 4.78 is 27.3. The number of rotatable bonds is 3. The van der Waals surface area contributed by atoms with Crippen LogP contribution in [0.4, 0.5) is 0 Å². The normalized spacial score (nSPS) is 19.7. The van der Waals surface area contributed by atoms with Crippen LogP contribution < -0.4 is 4.72 Å². The molecule has 2 rings (SSSR count). The van der Waals surface area contributed by atoms with E-state index in [0.717, 1.165) is 25.7 Å². The molecule has 0 aliphatic heterocycles. The molecule has 6 heteroatoms. The number of nitrogens with zero attached hydrogens (tertiary/aromatic N) is 1. The van der Waals surface area contributed by atoms with Gasteiger partial charge in [-0.1, -0.05) is 30.9 Å². The maximum Gasteiger partial charge on any atom is 0.241 e. The van der Waals surface area contributed by atoms with Crippen LogP contribution in [0.3, 0.4) is 0 Å². The molecule has 1 N–H and O–H groups in total. The Morgan fingerprint density at radius 3 is 2.61 bits per heavy atom. The van der Waals surface area contributed by atoms with Crippen molar-refractivity contribution in [3.8, 4) is 0 Å². The third-order valence-corrected chi connectivity index (χ3v) is 5.19. The summed E-state index contributed by atoms with van der Waals surface area (Å²) in [6.07, 6.45) is 6.47. The summed E-state index contributed by atoms with van der Waals surface area (Å²) in [4.78, 5) is 3.97. The topological polar surface area (TPSA) is 59.1 Å². The Bertz CT molecular complexity index is 525. The lowest BCUT2D eigenvalue weighted by Gasteiger charge is -2.34. The van der Waals surface area contributed by atoms with E-state index in [9.17, 15) is 8.42 Å². The van der Waals surface area contributed by atoms with Gasteiger partial charge in [-0.2, -0.15) is 0 Å². The quantitative estimate of drug-likeness (QED) is 0.870. The maximum absolute atomic E-state index is 12.3. The predicted molar refractivity (Wildman–Crippen MR) is 71.1 cm³/mol. The average molecular weight is 289 g/mol. The Labute approximate surface area is 113 Å². The fourth-order valence-corrected chi connectivity index (χ4v) is 4.09. The highest BCUT2D eigenvalue weighted by molar-refractivity contribution is 7.89. The molecule has 0 bridgehead atoms. The SMILES string of the molecule is CC1(NS(=O)(=O)c2ccnc(Cl)c2)CCCCC1. The van der Waals surface area contributed by atoms with Crippen LogP contribution in [-0.4, -0.2) is 18.9 Å². The van der Waals surface area contributed by atoms with E-state index in [-0.39, 0.29) is 15.6 Å². The molecule has 1 heterocycles. The number of sulfonamides is 1. The predicted octanol–water partition coefficient (Wildman–Crippen LogP) is 2.74. The van der Waals surface area contributed by atoms with Gasteiger partial charge in [0, 0.05) is 11.7 Å². The van der Waals surface area contributed by atoms with Crippen LogP contribution in [0.5, 0.6) is 0 Å². The molecule has 0 aromatic carbocycles. The lowest BCUT2D eigenvalue weighted by Crippen LogP contribution is -2.47. The molecule has 0 atom stereocenters. The minimum absolute atomic E-state index is 0.175. The van der Waals surface area contributed by atoms with Crippen LogP contribution in [0.15, 0.2) is 23.2 Å². The molecule has 0 unspecified atom stereocenters. The second-order valence-corrected chi connectivity index (χ2v) is 7.11. The van der Waals surface area contributed by atoms with Gasteiger partial charge in [-0.25, -0.2) is 18.1 Å². The van der Waals surface area contributed by atoms with E-state index >= 15 is 0 Å². The zero-order chi connectivity index (χ0) is 13.2. The van der Waals surface area contributed by atoms with Crippen molar-refractivity contribution in [1.82, 2.24) is 9.71 Å². The first-order chi connectivity index (χ1) is 8.41. The molecule has 0 radical (unpaired) electrons. The van der Waals surface area contributed by atoms with Gasteiger partial charge >= 0.3 is 0 Å². The standard InChI is InChI=1S/C12H17ClN2O2S/c1-12(6-3-2-4-7-12)15-18(16,17)10-5-8-14-11(13)9-10/h5,8-9,15H,2-4,6-7H2,1H3. The van der Waals surface area contributed by atoms with Crippen LogP contribution in [-0.2, 0) is 10.0 Å². The van der Waals surface area contributed by atoms with E-state index in [1.54, 1.807) is 0 Å². The molecule has 1 fully saturated rings. The molecule has 1 aliphatic rings. The minimum atomic E-state index is -3.52. The van der Waals surface area contributed by atoms with Crippen LogP contribution in [0.2, 0.25) is 5.15 Å². The molecule has 0 saturated heterocycles. The molecule has 18 heavy (non-hydrogen) atoms. The average Bonchev–Trinajstić information content (AvgIpc) is 2.28. The van der Waals surface area contributed by atoms with Gasteiger partial charge in [0.2, 0.25) is 10.0 Å². The third kappa shape index (κ3) is 3.22. The van der Waals surface area contributed by atoms with E-state index in [4.69, 9.17) is 11.6 Å². The smallest absolute Gasteiger partial charge is 0.241 e. The van der Waals surface area contributed by atoms with Crippen LogP contribution in [0, 0.1) is 0 Å². The van der Waals surface area contributed by atoms with Gasteiger partial charge in [0.25, 0.3) is 0 Å². The lowest BCUT2D eigenvalue weighted by molar-refractivity contribution is 0.294. The molecule has 0 amide bonds. The molecular weight excluding hydrogens is 272 g/mol. The van der Waals surface area contributed by atoms with Crippen molar-refractivity contribution >= 4 is 21.6 Å². The lowest BCUT2D eigenvalue weighted by atomic mass is 9.84. The Hall–Kier alpha value is -0.650. The van der Waals surface area contributed by atoms with Crippen molar-refractivity contribution in [2.24, 2.45) is 0 Å². The first kappa shape index (κ1) is 13.8. The molecule has 1 aromatic rings. The third-order valence-electron chi connectivity index (χ3n) is 3.35. The molecule has 4 nitrogen and oxygen atoms in total. The molecule has 1 aromatic heterocycles. The summed E-state index contributed by atoms with van der Waals surface area (Å²) in [5.41, 5.74) is -0.340. The van der Waals surface area contributed by atoms with E-state index in [0.29, 0.717) is 0 Å². The Morgan fingerprint density at radius 2 is 2.00 bits per heavy atom. The van der Waals surface area contributed by atoms with Gasteiger partial charge in [-0.15, -0.1) is 0 Å². The summed E-state index contributed by atoms with van der Waals surface area (Å²) in [5.74, 6) is 0. The van der Waals surface area contributed by atoms with Crippen LogP contribution >= 0.6 is 11.6 Å². The van der Waals surface area contributed by atoms with Crippen molar-refractivity contribution in [1.29, 1.82) is 0 Å². The monoisotopic (exact) mass is 288 g/mol. The highest BCUT2D eigenvalue weighted by Crippen LogP contribution is 2.29. The van der Waals surface area contributed by atoms with Gasteiger partial charge in [-0.05, 0) is 31.9 Å². The minimum Gasteiger partial charge on any atom is -0.244 e. The fraction of sp³-hybridized carbons (Fsp3) is 0.583. The van der Waals surface area contributed by atoms with Crippen molar-refractivity contribution in [2.45, 2.75) is 49.5 Å². The number of aromatic nitrogens is 1. The zero-order valence-electron chi connectivity index (χ0n) is 10.3. The highest BCUT2D eigenvalue weighted by Gasteiger charge is 2.32. The molecule has 1 saturated carbocycles. The number of pyridine rings is 1. The van der Waals surface area contributed by atoms with E-state index in [2.05, 4.69) is 9.71 Å². The largest absolute Gasteiger partial charge is 0.244 e. The first-order valence-electron chi connectivity index (χ1n) is 6.07. The summed E-state index contributed by atoms with van der Waals surface area (Å²) in [5, 5.41) is 0.187. The highest BCUT2D eigenvalue weighted by atomic mass is 35.5. The second-order valence-electron chi connectivity index (χ2n) is 5.04. The molecular formula is C12H17ClN2O2S. The van der Waals surface area contributed by atoms with Gasteiger partial charge in [0.1, 0.15) is 5.15 Å². The van der Waals surface area contributed by atoms with Crippen molar-refractivity contribution < 1.29 is 8.42 Å². The van der Waals surface area contributed by atoms with E-state index in [1.165, 1.54) is 24.8 Å². The van der Waals surface area contributed by atoms with E-state index < -0.39 is 10.0 Å². The summed E-state index contributed by atoms with van der Waals surface area (Å²) in [7, 11) is -3.52. The zero-order valence-corrected chi connectivity index (χ0v) is 11.9. The van der Waals surface area contributed by atoms with Crippen molar-refractivity contribution in [2.75, 3.05) is 0 Å². The first-order valence-corrected chi connectivity index (χ1v) is 7.93. The number of hydrogen-bond acceptors (Lipinski definition) is 3. The fourth-order valence-electron chi connectivity index (χ4n) is 2.37. The van der Waals surface area contributed by atoms with Crippen LogP contribution in [0.1, 0.15) is 39.0 Å². The summed E-state index contributed by atoms with van der Waals surface area (Å²) in [6, 6.07) is 2.83. The van der Waals surface area contributed by atoms with Crippen molar-refractivity contribution in [3.63, 3.8) is 0 Å². The molecule has 1 aliphatic carbocycles. The Balaban J connectivity index is 2.21. The second kappa shape index (κ2) is 5.15. The Kier molecular flexibility index (Phi) is 3.94. The maximum atomic E-state index is 12.3. The Morgan fingerprint density at radius 1 is 1.33 bits per heavy atom. The van der Waals surface area contributed by atoms with Crippen LogP contribution in [0.25, 0.3) is 0 Å². The number of hydrogen-bond donors (Lipinski definition) is 1.